The molecule has 1 fully saturated rings. The van der Waals surface area contributed by atoms with Gasteiger partial charge in [0.2, 0.25) is 0 Å². The second-order valence-electron chi connectivity index (χ2n) is 6.33. The molecule has 1 N–H and O–H groups in total. The van der Waals surface area contributed by atoms with Gasteiger partial charge in [0.1, 0.15) is 17.1 Å². The Morgan fingerprint density at radius 3 is 2.33 bits per heavy atom. The average Bonchev–Trinajstić information content (AvgIpc) is 2.87. The van der Waals surface area contributed by atoms with Crippen molar-refractivity contribution >= 4 is 17.7 Å². The summed E-state index contributed by atoms with van der Waals surface area (Å²) in [7, 11) is 0. The van der Waals surface area contributed by atoms with Gasteiger partial charge >= 0.3 is 6.03 Å². The minimum Gasteiger partial charge on any atom is -0.494 e. The number of carbonyl (C=O) groups excluding carboxylic acids is 3. The maximum atomic E-state index is 13.1. The molecule has 0 aromatic heterocycles. The summed E-state index contributed by atoms with van der Waals surface area (Å²) in [5.74, 6) is -0.738. The number of amides is 3. The van der Waals surface area contributed by atoms with Crippen LogP contribution in [-0.4, -0.2) is 35.8 Å². The Hall–Kier alpha value is -3.22. The lowest BCUT2D eigenvalue weighted by Gasteiger charge is -2.22. The van der Waals surface area contributed by atoms with Gasteiger partial charge in [-0.15, -0.1) is 0 Å². The third-order valence-corrected chi connectivity index (χ3v) is 4.49. The van der Waals surface area contributed by atoms with Crippen LogP contribution >= 0.6 is 0 Å². The van der Waals surface area contributed by atoms with Crippen molar-refractivity contribution in [1.29, 1.82) is 0 Å². The first kappa shape index (κ1) is 18.6. The topological polar surface area (TPSA) is 75.7 Å². The number of ether oxygens (including phenoxy) is 1. The van der Waals surface area contributed by atoms with Gasteiger partial charge in [0, 0.05) is 5.56 Å². The summed E-state index contributed by atoms with van der Waals surface area (Å²) >= 11 is 0. The first-order chi connectivity index (χ1) is 12.8. The highest BCUT2D eigenvalue weighted by Gasteiger charge is 2.49. The summed E-state index contributed by atoms with van der Waals surface area (Å²) in [6.45, 7) is 3.52. The minimum absolute atomic E-state index is 0.370. The molecule has 3 rings (SSSR count). The second-order valence-corrected chi connectivity index (χ2v) is 6.33. The van der Waals surface area contributed by atoms with Crippen LogP contribution < -0.4 is 10.1 Å². The molecule has 6 nitrogen and oxygen atoms in total. The number of Topliss-reactive ketones (excluding diaryl/α,β-unsaturated/α-hetero) is 1. The molecule has 7 heteroatoms. The largest absolute Gasteiger partial charge is 0.494 e. The number of ketones is 1. The molecular formula is C20H19FN2O4. The van der Waals surface area contributed by atoms with E-state index in [1.165, 1.54) is 31.2 Å². The van der Waals surface area contributed by atoms with E-state index < -0.39 is 23.3 Å². The zero-order chi connectivity index (χ0) is 19.6. The number of benzene rings is 2. The van der Waals surface area contributed by atoms with Gasteiger partial charge in [0.05, 0.1) is 13.2 Å². The van der Waals surface area contributed by atoms with Crippen LogP contribution in [0.1, 0.15) is 29.8 Å². The van der Waals surface area contributed by atoms with E-state index in [9.17, 15) is 18.8 Å². The molecule has 1 aliphatic heterocycles. The van der Waals surface area contributed by atoms with Gasteiger partial charge in [-0.2, -0.15) is 0 Å². The van der Waals surface area contributed by atoms with Gasteiger partial charge < -0.3 is 10.1 Å². The summed E-state index contributed by atoms with van der Waals surface area (Å²) in [6, 6.07) is 11.1. The predicted molar refractivity (Wildman–Crippen MR) is 95.9 cm³/mol. The van der Waals surface area contributed by atoms with Crippen molar-refractivity contribution in [2.45, 2.75) is 19.4 Å². The first-order valence-electron chi connectivity index (χ1n) is 8.51. The summed E-state index contributed by atoms with van der Waals surface area (Å²) in [4.78, 5) is 38.5. The molecule has 0 bridgehead atoms. The molecule has 0 saturated carbocycles. The van der Waals surface area contributed by atoms with Gasteiger partial charge in [0.15, 0.2) is 5.78 Å². The van der Waals surface area contributed by atoms with E-state index in [0.29, 0.717) is 23.5 Å². The van der Waals surface area contributed by atoms with Crippen LogP contribution in [0.2, 0.25) is 0 Å². The highest BCUT2D eigenvalue weighted by Crippen LogP contribution is 2.29. The maximum Gasteiger partial charge on any atom is 0.325 e. The monoisotopic (exact) mass is 370 g/mol. The molecule has 2 aromatic carbocycles. The Labute approximate surface area is 155 Å². The molecule has 1 saturated heterocycles. The lowest BCUT2D eigenvalue weighted by atomic mass is 9.92. The van der Waals surface area contributed by atoms with Crippen LogP contribution in [0.5, 0.6) is 5.75 Å². The van der Waals surface area contributed by atoms with Crippen LogP contribution in [0.3, 0.4) is 0 Å². The lowest BCUT2D eigenvalue weighted by Crippen LogP contribution is -2.41. The number of hydrogen-bond acceptors (Lipinski definition) is 4. The SMILES string of the molecule is CCOc1ccc(C(=O)CN2C(=O)N[C@@](C)(c3ccc(F)cc3)C2=O)cc1. The van der Waals surface area contributed by atoms with Gasteiger partial charge in [-0.1, -0.05) is 12.1 Å². The van der Waals surface area contributed by atoms with Gasteiger partial charge in [-0.05, 0) is 55.8 Å². The van der Waals surface area contributed by atoms with Gasteiger partial charge in [-0.3, -0.25) is 14.5 Å². The Bertz CT molecular complexity index is 880. The Kier molecular flexibility index (Phi) is 4.94. The standard InChI is InChI=1S/C20H19FN2O4/c1-3-27-16-10-4-13(5-11-16)17(24)12-23-18(25)20(2,22-19(23)26)14-6-8-15(21)9-7-14/h4-11H,3,12H2,1-2H3,(H,22,26)/t20-/m0/s1. The summed E-state index contributed by atoms with van der Waals surface area (Å²) < 4.78 is 18.5. The minimum atomic E-state index is -1.34. The number of nitrogens with one attached hydrogen (secondary N) is 1. The van der Waals surface area contributed by atoms with Crippen LogP contribution in [0.25, 0.3) is 0 Å². The Balaban J connectivity index is 1.77. The van der Waals surface area contributed by atoms with Crippen molar-refractivity contribution in [2.24, 2.45) is 0 Å². The second kappa shape index (κ2) is 7.19. The number of rotatable bonds is 6. The lowest BCUT2D eigenvalue weighted by molar-refractivity contribution is -0.130. The Morgan fingerprint density at radius 1 is 1.11 bits per heavy atom. The molecule has 1 heterocycles. The zero-order valence-corrected chi connectivity index (χ0v) is 15.0. The summed E-state index contributed by atoms with van der Waals surface area (Å²) in [6.07, 6.45) is 0. The van der Waals surface area contributed by atoms with Crippen molar-refractivity contribution in [3.05, 3.63) is 65.5 Å². The van der Waals surface area contributed by atoms with Crippen molar-refractivity contribution in [3.8, 4) is 5.75 Å². The maximum absolute atomic E-state index is 13.1. The number of imide groups is 1. The van der Waals surface area contributed by atoms with Gasteiger partial charge in [-0.25, -0.2) is 9.18 Å². The molecule has 1 atom stereocenters. The molecule has 1 aliphatic rings. The molecule has 140 valence electrons. The van der Waals surface area contributed by atoms with Crippen LogP contribution in [0, 0.1) is 5.82 Å². The average molecular weight is 370 g/mol. The van der Waals surface area contributed by atoms with E-state index in [-0.39, 0.29) is 12.3 Å². The highest BCUT2D eigenvalue weighted by molar-refractivity contribution is 6.11. The van der Waals surface area contributed by atoms with Crippen molar-refractivity contribution < 1.29 is 23.5 Å². The number of urea groups is 1. The smallest absolute Gasteiger partial charge is 0.325 e. The number of hydrogen-bond donors (Lipinski definition) is 1. The van der Waals surface area contributed by atoms with Crippen molar-refractivity contribution in [3.63, 3.8) is 0 Å². The van der Waals surface area contributed by atoms with Crippen LogP contribution in [-0.2, 0) is 10.3 Å². The fourth-order valence-electron chi connectivity index (χ4n) is 2.96. The zero-order valence-electron chi connectivity index (χ0n) is 15.0. The molecule has 0 spiro atoms. The molecular weight excluding hydrogens is 351 g/mol. The summed E-state index contributed by atoms with van der Waals surface area (Å²) in [5.41, 5.74) is -0.531. The van der Waals surface area contributed by atoms with E-state index in [4.69, 9.17) is 4.74 Å². The van der Waals surface area contributed by atoms with E-state index in [1.807, 2.05) is 6.92 Å². The van der Waals surface area contributed by atoms with E-state index >= 15 is 0 Å². The molecule has 27 heavy (non-hydrogen) atoms. The fourth-order valence-corrected chi connectivity index (χ4v) is 2.96. The molecule has 0 radical (unpaired) electrons. The van der Waals surface area contributed by atoms with Crippen molar-refractivity contribution in [2.75, 3.05) is 13.2 Å². The quantitative estimate of drug-likeness (QED) is 0.627. The third kappa shape index (κ3) is 3.53. The first-order valence-corrected chi connectivity index (χ1v) is 8.51. The Morgan fingerprint density at radius 2 is 1.74 bits per heavy atom. The van der Waals surface area contributed by atoms with Crippen LogP contribution in [0.4, 0.5) is 9.18 Å². The molecule has 3 amide bonds. The molecule has 0 unspecified atom stereocenters. The normalized spacial score (nSPS) is 19.1. The number of nitrogens with zero attached hydrogens (tertiary/aromatic N) is 1. The fraction of sp³-hybridized carbons (Fsp3) is 0.250. The number of halogens is 1. The van der Waals surface area contributed by atoms with Crippen molar-refractivity contribution in [1.82, 2.24) is 10.2 Å². The van der Waals surface area contributed by atoms with Gasteiger partial charge in [0.25, 0.3) is 5.91 Å². The number of carbonyl (C=O) groups is 3. The predicted octanol–water partition coefficient (Wildman–Crippen LogP) is 2.87. The molecule has 2 aromatic rings. The van der Waals surface area contributed by atoms with E-state index in [0.717, 1.165) is 4.90 Å². The molecule has 0 aliphatic carbocycles. The van der Waals surface area contributed by atoms with E-state index in [2.05, 4.69) is 5.32 Å². The highest BCUT2D eigenvalue weighted by atomic mass is 19.1. The summed E-state index contributed by atoms with van der Waals surface area (Å²) in [5, 5.41) is 2.59. The van der Waals surface area contributed by atoms with Crippen LogP contribution in [0.15, 0.2) is 48.5 Å². The van der Waals surface area contributed by atoms with E-state index in [1.54, 1.807) is 24.3 Å². The third-order valence-electron chi connectivity index (χ3n) is 4.49.